The number of aromatic nitrogens is 1. The molecule has 0 spiro atoms. The lowest BCUT2D eigenvalue weighted by atomic mass is 9.89. The third-order valence-corrected chi connectivity index (χ3v) is 7.31. The number of aromatic hydroxyl groups is 1. The molecule has 2 aromatic carbocycles. The van der Waals surface area contributed by atoms with Gasteiger partial charge in [0.2, 0.25) is 0 Å². The first-order valence-electron chi connectivity index (χ1n) is 12.2. The summed E-state index contributed by atoms with van der Waals surface area (Å²) < 4.78 is 12.5. The van der Waals surface area contributed by atoms with Gasteiger partial charge in [-0.25, -0.2) is 4.79 Å². The number of nitrogens with one attached hydrogen (secondary N) is 2. The number of urea groups is 1. The molecule has 0 radical (unpaired) electrons. The highest BCUT2D eigenvalue weighted by atomic mass is 16.5. The number of anilines is 2. The summed E-state index contributed by atoms with van der Waals surface area (Å²) in [6.45, 7) is 5.95. The molecule has 4 heterocycles. The first kappa shape index (κ1) is 22.7. The Morgan fingerprint density at radius 3 is 2.08 bits per heavy atom. The van der Waals surface area contributed by atoms with E-state index in [4.69, 9.17) is 9.47 Å². The van der Waals surface area contributed by atoms with Gasteiger partial charge in [-0.1, -0.05) is 18.2 Å². The predicted octanol–water partition coefficient (Wildman–Crippen LogP) is 1.75. The van der Waals surface area contributed by atoms with Crippen LogP contribution in [-0.2, 0) is 26.4 Å². The second-order valence-electron chi connectivity index (χ2n) is 9.41. The Bertz CT molecular complexity index is 1290. The molecule has 1 aromatic heterocycles. The molecule has 3 amide bonds. The molecule has 3 saturated heterocycles. The van der Waals surface area contributed by atoms with E-state index in [2.05, 4.69) is 20.4 Å². The molecule has 0 saturated carbocycles. The zero-order chi connectivity index (χ0) is 24.7. The van der Waals surface area contributed by atoms with E-state index in [1.165, 1.54) is 0 Å². The smallest absolute Gasteiger partial charge is 0.322 e. The van der Waals surface area contributed by atoms with Crippen molar-refractivity contribution in [3.63, 3.8) is 0 Å². The van der Waals surface area contributed by atoms with Crippen molar-refractivity contribution in [2.24, 2.45) is 0 Å². The van der Waals surface area contributed by atoms with Crippen molar-refractivity contribution in [2.45, 2.75) is 12.1 Å². The number of nitrogens with zero attached hydrogens (tertiary/aromatic N) is 3. The summed E-state index contributed by atoms with van der Waals surface area (Å²) in [6.07, 6.45) is 1.81. The zero-order valence-corrected chi connectivity index (χ0v) is 19.9. The van der Waals surface area contributed by atoms with Crippen molar-refractivity contribution in [2.75, 3.05) is 62.4 Å². The van der Waals surface area contributed by atoms with Gasteiger partial charge in [0.1, 0.15) is 0 Å². The van der Waals surface area contributed by atoms with Crippen molar-refractivity contribution in [3.8, 4) is 5.88 Å². The molecule has 188 valence electrons. The molecular weight excluding hydrogens is 462 g/mol. The van der Waals surface area contributed by atoms with Gasteiger partial charge in [0, 0.05) is 54.5 Å². The van der Waals surface area contributed by atoms with Crippen molar-refractivity contribution in [1.82, 2.24) is 15.2 Å². The van der Waals surface area contributed by atoms with E-state index in [0.29, 0.717) is 37.4 Å². The lowest BCUT2D eigenvalue weighted by Gasteiger charge is -2.31. The van der Waals surface area contributed by atoms with Gasteiger partial charge >= 0.3 is 6.03 Å². The van der Waals surface area contributed by atoms with E-state index in [0.717, 1.165) is 42.9 Å². The van der Waals surface area contributed by atoms with E-state index in [1.54, 1.807) is 4.57 Å². The van der Waals surface area contributed by atoms with Crippen molar-refractivity contribution in [1.29, 1.82) is 0 Å². The van der Waals surface area contributed by atoms with Crippen LogP contribution < -0.4 is 20.4 Å². The molecule has 0 bridgehead atoms. The number of carbonyl (C=O) groups excluding carboxylic acids is 2. The fourth-order valence-electron chi connectivity index (χ4n) is 5.30. The number of carbonyl (C=O) groups is 2. The Labute approximate surface area is 208 Å². The Kier molecular flexibility index (Phi) is 5.69. The van der Waals surface area contributed by atoms with E-state index in [-0.39, 0.29) is 12.4 Å². The number of morpholine rings is 2. The molecular formula is C26H29N5O5. The molecule has 6 rings (SSSR count). The molecule has 10 heteroatoms. The number of amides is 3. The third kappa shape index (κ3) is 3.92. The van der Waals surface area contributed by atoms with Crippen LogP contribution in [0.25, 0.3) is 10.8 Å². The van der Waals surface area contributed by atoms with Gasteiger partial charge in [0.15, 0.2) is 11.4 Å². The van der Waals surface area contributed by atoms with Crippen LogP contribution in [0, 0.1) is 0 Å². The molecule has 3 aliphatic rings. The standard InChI is InChI=1S/C26H29N5O5/c32-23-22-15-21(30-9-13-36-14-10-30)4-1-18(22)16-31(23)17-26(24(33)27-25(34)28-26)19-2-5-20(6-3-19)29-7-11-35-12-8-29/h1-6,15-16,32H,7-14,17H2,(H2,27,28,33,34)/t26-/m0/s1. The molecule has 0 unspecified atom stereocenters. The van der Waals surface area contributed by atoms with Crippen LogP contribution in [0.1, 0.15) is 5.56 Å². The summed E-state index contributed by atoms with van der Waals surface area (Å²) in [5.41, 5.74) is 1.35. The van der Waals surface area contributed by atoms with Gasteiger partial charge in [-0.3, -0.25) is 10.1 Å². The largest absolute Gasteiger partial charge is 0.494 e. The van der Waals surface area contributed by atoms with E-state index >= 15 is 0 Å². The van der Waals surface area contributed by atoms with Crippen LogP contribution >= 0.6 is 0 Å². The normalized spacial score (nSPS) is 22.7. The zero-order valence-electron chi connectivity index (χ0n) is 19.9. The van der Waals surface area contributed by atoms with Gasteiger partial charge < -0.3 is 34.3 Å². The maximum absolute atomic E-state index is 13.2. The van der Waals surface area contributed by atoms with E-state index in [9.17, 15) is 14.7 Å². The van der Waals surface area contributed by atoms with Gasteiger partial charge in [-0.15, -0.1) is 0 Å². The van der Waals surface area contributed by atoms with Gasteiger partial charge in [0.05, 0.1) is 33.0 Å². The molecule has 1 atom stereocenters. The number of imide groups is 1. The van der Waals surface area contributed by atoms with E-state index in [1.807, 2.05) is 48.7 Å². The molecule has 3 N–H and O–H groups in total. The van der Waals surface area contributed by atoms with Gasteiger partial charge in [-0.2, -0.15) is 0 Å². The minimum Gasteiger partial charge on any atom is -0.494 e. The van der Waals surface area contributed by atoms with Crippen LogP contribution in [-0.4, -0.2) is 74.2 Å². The second-order valence-corrected chi connectivity index (χ2v) is 9.41. The molecule has 3 aliphatic heterocycles. The predicted molar refractivity (Wildman–Crippen MR) is 134 cm³/mol. The summed E-state index contributed by atoms with van der Waals surface area (Å²) in [5.74, 6) is -0.392. The minimum atomic E-state index is -1.35. The Morgan fingerprint density at radius 1 is 0.861 bits per heavy atom. The number of hydrogen-bond donors (Lipinski definition) is 3. The molecule has 3 fully saturated rings. The fraction of sp³-hybridized carbons (Fsp3) is 0.385. The van der Waals surface area contributed by atoms with Crippen LogP contribution in [0.3, 0.4) is 0 Å². The summed E-state index contributed by atoms with van der Waals surface area (Å²) >= 11 is 0. The third-order valence-electron chi connectivity index (χ3n) is 7.31. The van der Waals surface area contributed by atoms with Crippen molar-refractivity contribution >= 4 is 34.1 Å². The second kappa shape index (κ2) is 9.03. The number of rotatable bonds is 5. The molecule has 3 aromatic rings. The lowest BCUT2D eigenvalue weighted by Crippen LogP contribution is -2.47. The van der Waals surface area contributed by atoms with Gasteiger partial charge in [0.25, 0.3) is 5.91 Å². The Morgan fingerprint density at radius 2 is 1.47 bits per heavy atom. The number of hydrogen-bond acceptors (Lipinski definition) is 7. The highest BCUT2D eigenvalue weighted by molar-refractivity contribution is 6.07. The molecule has 36 heavy (non-hydrogen) atoms. The maximum Gasteiger partial charge on any atom is 0.322 e. The van der Waals surface area contributed by atoms with Gasteiger partial charge in [-0.05, 0) is 29.8 Å². The maximum atomic E-state index is 13.2. The highest BCUT2D eigenvalue weighted by Gasteiger charge is 2.48. The molecule has 0 aliphatic carbocycles. The molecule has 10 nitrogen and oxygen atoms in total. The van der Waals surface area contributed by atoms with Crippen LogP contribution in [0.5, 0.6) is 5.88 Å². The first-order chi connectivity index (χ1) is 17.5. The first-order valence-corrected chi connectivity index (χ1v) is 12.2. The van der Waals surface area contributed by atoms with Crippen LogP contribution in [0.15, 0.2) is 48.7 Å². The average molecular weight is 492 g/mol. The van der Waals surface area contributed by atoms with Crippen molar-refractivity contribution in [3.05, 3.63) is 54.2 Å². The fourth-order valence-corrected chi connectivity index (χ4v) is 5.30. The number of ether oxygens (including phenoxy) is 2. The Hall–Kier alpha value is -3.76. The minimum absolute atomic E-state index is 0.0505. The van der Waals surface area contributed by atoms with Crippen molar-refractivity contribution < 1.29 is 24.2 Å². The summed E-state index contributed by atoms with van der Waals surface area (Å²) in [5, 5.41) is 17.9. The Balaban J connectivity index is 1.33. The summed E-state index contributed by atoms with van der Waals surface area (Å²) in [7, 11) is 0. The highest BCUT2D eigenvalue weighted by Crippen LogP contribution is 2.35. The summed E-state index contributed by atoms with van der Waals surface area (Å²) in [4.78, 5) is 29.9. The van der Waals surface area contributed by atoms with E-state index < -0.39 is 17.5 Å². The number of fused-ring (bicyclic) bond motifs is 1. The lowest BCUT2D eigenvalue weighted by molar-refractivity contribution is -0.124. The monoisotopic (exact) mass is 491 g/mol. The average Bonchev–Trinajstić information content (AvgIpc) is 3.39. The topological polar surface area (TPSA) is 108 Å². The number of benzene rings is 2. The SMILES string of the molecule is O=C1NC(=O)[C@](Cn2cc3ccc(N4CCOCC4)cc3c2O)(c2ccc(N3CCOCC3)cc2)N1. The van der Waals surface area contributed by atoms with Crippen LogP contribution in [0.2, 0.25) is 0 Å². The summed E-state index contributed by atoms with van der Waals surface area (Å²) in [6, 6.07) is 13.1. The van der Waals surface area contributed by atoms with Crippen LogP contribution in [0.4, 0.5) is 16.2 Å². The quantitative estimate of drug-likeness (QED) is 0.467.